The van der Waals surface area contributed by atoms with Crippen molar-refractivity contribution in [1.29, 1.82) is 5.26 Å². The minimum absolute atomic E-state index is 0.00714. The van der Waals surface area contributed by atoms with Gasteiger partial charge in [0.2, 0.25) is 11.0 Å². The van der Waals surface area contributed by atoms with Gasteiger partial charge in [-0.3, -0.25) is 14.5 Å². The molecule has 204 valence electrons. The summed E-state index contributed by atoms with van der Waals surface area (Å²) in [6, 6.07) is 15.1. The molecule has 2 aliphatic rings. The van der Waals surface area contributed by atoms with Crippen LogP contribution in [0, 0.1) is 11.3 Å². The van der Waals surface area contributed by atoms with E-state index >= 15 is 0 Å². The molecule has 0 saturated carbocycles. The quantitative estimate of drug-likeness (QED) is 0.293. The number of anilines is 2. The second-order valence-electron chi connectivity index (χ2n) is 9.22. The molecule has 0 fully saturated rings. The normalized spacial score (nSPS) is 17.1. The number of nitrogens with zero attached hydrogens (tertiary/aromatic N) is 4. The molecule has 1 atom stereocenters. The Morgan fingerprint density at radius 2 is 2.00 bits per heavy atom. The molecule has 2 heterocycles. The summed E-state index contributed by atoms with van der Waals surface area (Å²) in [5.41, 5.74) is 10.8. The van der Waals surface area contributed by atoms with Gasteiger partial charge in [0.1, 0.15) is 5.82 Å². The Bertz CT molecular complexity index is 1590. The van der Waals surface area contributed by atoms with Gasteiger partial charge >= 0.3 is 0 Å². The van der Waals surface area contributed by atoms with Gasteiger partial charge in [0.15, 0.2) is 10.1 Å². The second-order valence-corrected chi connectivity index (χ2v) is 12.2. The highest BCUT2D eigenvalue weighted by atomic mass is 35.5. The molecule has 2 aromatic carbocycles. The van der Waals surface area contributed by atoms with Crippen LogP contribution in [0.25, 0.3) is 0 Å². The number of aromatic nitrogens is 2. The standard InChI is InChI=1S/C28H24Cl2N6O2S2/c1-2-15-6-8-16(9-7-15)24-18(13-31)26(32)36(21-4-3-5-22(37)25(21)24)27-34-35-28(40-27)39-14-23(38)33-20-11-10-17(29)12-19(20)30/h6-12,24H,2-5,14,32H2,1H3,(H,33,38). The Morgan fingerprint density at radius 3 is 2.70 bits per heavy atom. The molecule has 0 saturated heterocycles. The molecule has 0 bridgehead atoms. The Morgan fingerprint density at radius 1 is 1.23 bits per heavy atom. The summed E-state index contributed by atoms with van der Waals surface area (Å²) in [6.07, 6.45) is 2.61. The molecular weight excluding hydrogens is 587 g/mol. The number of nitrogens with two attached hydrogens (primary N) is 1. The third-order valence-electron chi connectivity index (χ3n) is 6.75. The van der Waals surface area contributed by atoms with E-state index in [1.54, 1.807) is 23.1 Å². The van der Waals surface area contributed by atoms with E-state index in [1.807, 2.05) is 24.3 Å². The number of carbonyl (C=O) groups is 2. The number of hydrogen-bond donors (Lipinski definition) is 2. The first-order chi connectivity index (χ1) is 19.3. The van der Waals surface area contributed by atoms with Gasteiger partial charge in [-0.2, -0.15) is 5.26 Å². The molecular formula is C28H24Cl2N6O2S2. The molecule has 8 nitrogen and oxygen atoms in total. The van der Waals surface area contributed by atoms with Crippen molar-refractivity contribution in [3.8, 4) is 6.07 Å². The summed E-state index contributed by atoms with van der Waals surface area (Å²) < 4.78 is 0.542. The lowest BCUT2D eigenvalue weighted by atomic mass is 9.75. The third kappa shape index (κ3) is 5.60. The lowest BCUT2D eigenvalue weighted by Gasteiger charge is -2.38. The van der Waals surface area contributed by atoms with E-state index in [-0.39, 0.29) is 23.3 Å². The third-order valence-corrected chi connectivity index (χ3v) is 9.34. The minimum atomic E-state index is -0.528. The summed E-state index contributed by atoms with van der Waals surface area (Å²) in [7, 11) is 0. The zero-order chi connectivity index (χ0) is 28.4. The topological polar surface area (TPSA) is 125 Å². The van der Waals surface area contributed by atoms with Crippen LogP contribution in [0.15, 0.2) is 69.5 Å². The van der Waals surface area contributed by atoms with Crippen molar-refractivity contribution < 1.29 is 9.59 Å². The number of hydrogen-bond acceptors (Lipinski definition) is 9. The first-order valence-electron chi connectivity index (χ1n) is 12.6. The van der Waals surface area contributed by atoms with E-state index < -0.39 is 5.92 Å². The second kappa shape index (κ2) is 12.0. The van der Waals surface area contributed by atoms with Crippen molar-refractivity contribution in [1.82, 2.24) is 10.2 Å². The fraction of sp³-hybridized carbons (Fsp3) is 0.250. The summed E-state index contributed by atoms with van der Waals surface area (Å²) >= 11 is 14.5. The van der Waals surface area contributed by atoms with Gasteiger partial charge in [0, 0.05) is 22.7 Å². The SMILES string of the molecule is CCc1ccc(C2C(C#N)=C(N)N(c3nnc(SCC(=O)Nc4ccc(Cl)cc4Cl)s3)C3=C2C(=O)CCC3)cc1. The van der Waals surface area contributed by atoms with E-state index in [4.69, 9.17) is 28.9 Å². The predicted molar refractivity (Wildman–Crippen MR) is 159 cm³/mol. The van der Waals surface area contributed by atoms with Crippen molar-refractivity contribution in [3.63, 3.8) is 0 Å². The Hall–Kier alpha value is -3.36. The Kier molecular flexibility index (Phi) is 8.47. The average Bonchev–Trinajstić information content (AvgIpc) is 3.41. The largest absolute Gasteiger partial charge is 0.384 e. The first kappa shape index (κ1) is 28.2. The molecule has 12 heteroatoms. The van der Waals surface area contributed by atoms with Crippen molar-refractivity contribution in [3.05, 3.63) is 86.3 Å². The van der Waals surface area contributed by atoms with Gasteiger partial charge in [-0.05, 0) is 48.6 Å². The van der Waals surface area contributed by atoms with Crippen molar-refractivity contribution in [2.75, 3.05) is 16.0 Å². The Balaban J connectivity index is 1.41. The van der Waals surface area contributed by atoms with Gasteiger partial charge in [-0.1, -0.05) is 77.5 Å². The van der Waals surface area contributed by atoms with Crippen molar-refractivity contribution >= 4 is 68.8 Å². The fourth-order valence-electron chi connectivity index (χ4n) is 4.84. The van der Waals surface area contributed by atoms with Crippen LogP contribution in [-0.2, 0) is 16.0 Å². The number of rotatable bonds is 7. The van der Waals surface area contributed by atoms with Gasteiger partial charge < -0.3 is 11.1 Å². The van der Waals surface area contributed by atoms with E-state index in [2.05, 4.69) is 28.5 Å². The summed E-state index contributed by atoms with van der Waals surface area (Å²) in [6.45, 7) is 2.08. The maximum Gasteiger partial charge on any atom is 0.234 e. The van der Waals surface area contributed by atoms with E-state index in [1.165, 1.54) is 28.7 Å². The van der Waals surface area contributed by atoms with Crippen molar-refractivity contribution in [2.24, 2.45) is 5.73 Å². The lowest BCUT2D eigenvalue weighted by molar-refractivity contribution is -0.116. The van der Waals surface area contributed by atoms with Gasteiger partial charge in [0.25, 0.3) is 0 Å². The lowest BCUT2D eigenvalue weighted by Crippen LogP contribution is -2.38. The number of amides is 1. The number of nitriles is 1. The van der Waals surface area contributed by atoms with Crippen LogP contribution in [0.2, 0.25) is 10.0 Å². The number of benzene rings is 2. The molecule has 40 heavy (non-hydrogen) atoms. The number of carbonyl (C=O) groups excluding carboxylic acids is 2. The van der Waals surface area contributed by atoms with Crippen LogP contribution in [0.5, 0.6) is 0 Å². The average molecular weight is 612 g/mol. The molecule has 1 amide bonds. The highest BCUT2D eigenvalue weighted by Crippen LogP contribution is 2.47. The van der Waals surface area contributed by atoms with Crippen molar-refractivity contribution in [2.45, 2.75) is 42.9 Å². The number of allylic oxidation sites excluding steroid dienone is 3. The minimum Gasteiger partial charge on any atom is -0.384 e. The smallest absolute Gasteiger partial charge is 0.234 e. The number of thioether (sulfide) groups is 1. The van der Waals surface area contributed by atoms with Crippen LogP contribution >= 0.6 is 46.3 Å². The highest BCUT2D eigenvalue weighted by Gasteiger charge is 2.41. The van der Waals surface area contributed by atoms with E-state index in [0.717, 1.165) is 17.7 Å². The van der Waals surface area contributed by atoms with Gasteiger partial charge in [0.05, 0.1) is 34.0 Å². The zero-order valence-corrected chi connectivity index (χ0v) is 24.6. The number of halogens is 2. The molecule has 1 aliphatic carbocycles. The molecule has 1 unspecified atom stereocenters. The maximum absolute atomic E-state index is 13.3. The van der Waals surface area contributed by atoms with Crippen LogP contribution in [-0.4, -0.2) is 27.6 Å². The molecule has 1 aliphatic heterocycles. The molecule has 3 aromatic rings. The zero-order valence-electron chi connectivity index (χ0n) is 21.4. The first-order valence-corrected chi connectivity index (χ1v) is 15.1. The molecule has 3 N–H and O–H groups in total. The van der Waals surface area contributed by atoms with Crippen LogP contribution in [0.4, 0.5) is 10.8 Å². The number of ketones is 1. The van der Waals surface area contributed by atoms with Gasteiger partial charge in [-0.25, -0.2) is 0 Å². The van der Waals surface area contributed by atoms with Crippen LogP contribution < -0.4 is 16.0 Å². The summed E-state index contributed by atoms with van der Waals surface area (Å²) in [5, 5.41) is 22.8. The van der Waals surface area contributed by atoms with Crippen LogP contribution in [0.1, 0.15) is 43.2 Å². The number of Topliss-reactive ketones (excluding diaryl/α,β-unsaturated/α-hetero) is 1. The monoisotopic (exact) mass is 610 g/mol. The van der Waals surface area contributed by atoms with Crippen LogP contribution in [0.3, 0.4) is 0 Å². The molecule has 1 aromatic heterocycles. The number of aryl methyl sites for hydroxylation is 1. The molecule has 5 rings (SSSR count). The highest BCUT2D eigenvalue weighted by molar-refractivity contribution is 8.01. The maximum atomic E-state index is 13.3. The summed E-state index contributed by atoms with van der Waals surface area (Å²) in [4.78, 5) is 27.5. The summed E-state index contributed by atoms with van der Waals surface area (Å²) in [5.74, 6) is -0.476. The molecule has 0 spiro atoms. The Labute approximate surface area is 249 Å². The van der Waals surface area contributed by atoms with E-state index in [0.29, 0.717) is 55.6 Å². The fourth-order valence-corrected chi connectivity index (χ4v) is 6.98. The number of nitrogens with one attached hydrogen (secondary N) is 1. The molecule has 0 radical (unpaired) electrons. The van der Waals surface area contributed by atoms with E-state index in [9.17, 15) is 14.9 Å². The predicted octanol–water partition coefficient (Wildman–Crippen LogP) is 6.44. The van der Waals surface area contributed by atoms with Gasteiger partial charge in [-0.15, -0.1) is 10.2 Å².